The highest BCUT2D eigenvalue weighted by atomic mass is 16.6. The average molecular weight is 303 g/mol. The van der Waals surface area contributed by atoms with Gasteiger partial charge in [-0.3, -0.25) is 4.90 Å². The molecule has 0 aliphatic carbocycles. The van der Waals surface area contributed by atoms with E-state index >= 15 is 0 Å². The topological polar surface area (TPSA) is 29.5 Å². The molecule has 22 heavy (non-hydrogen) atoms. The average Bonchev–Trinajstić information content (AvgIpc) is 2.47. The number of carbonyl (C=O) groups is 1. The monoisotopic (exact) mass is 303 g/mol. The number of rotatable bonds is 7. The quantitative estimate of drug-likeness (QED) is 0.667. The normalized spacial score (nSPS) is 16.6. The predicted octanol–water partition coefficient (Wildman–Crippen LogP) is 5.48. The summed E-state index contributed by atoms with van der Waals surface area (Å²) in [5.41, 5.74) is 1.79. The minimum Gasteiger partial charge on any atom is -0.438 e. The summed E-state index contributed by atoms with van der Waals surface area (Å²) in [4.78, 5) is 14.5. The molecule has 0 spiro atoms. The van der Waals surface area contributed by atoms with Crippen LogP contribution in [-0.4, -0.2) is 12.6 Å². The Morgan fingerprint density at radius 1 is 1.14 bits per heavy atom. The van der Waals surface area contributed by atoms with Crippen molar-refractivity contribution < 1.29 is 9.53 Å². The zero-order valence-corrected chi connectivity index (χ0v) is 14.4. The molecule has 0 bridgehead atoms. The molecule has 0 aromatic heterocycles. The summed E-state index contributed by atoms with van der Waals surface area (Å²) in [7, 11) is 0. The van der Waals surface area contributed by atoms with Crippen LogP contribution in [0.1, 0.15) is 65.4 Å². The van der Waals surface area contributed by atoms with Crippen LogP contribution in [-0.2, 0) is 10.3 Å². The van der Waals surface area contributed by atoms with Crippen LogP contribution < -0.4 is 4.90 Å². The molecule has 0 radical (unpaired) electrons. The first kappa shape index (κ1) is 16.9. The van der Waals surface area contributed by atoms with Crippen molar-refractivity contribution in [3.05, 3.63) is 29.8 Å². The zero-order valence-electron chi connectivity index (χ0n) is 14.4. The largest absolute Gasteiger partial charge is 0.438 e. The van der Waals surface area contributed by atoms with Crippen LogP contribution in [0.2, 0.25) is 0 Å². The van der Waals surface area contributed by atoms with Crippen LogP contribution in [0, 0.1) is 5.92 Å². The summed E-state index contributed by atoms with van der Waals surface area (Å²) in [6.07, 6.45) is 4.60. The molecular weight excluding hydrogens is 274 g/mol. The molecule has 1 amide bonds. The van der Waals surface area contributed by atoms with E-state index in [0.29, 0.717) is 5.92 Å². The summed E-state index contributed by atoms with van der Waals surface area (Å²) in [6, 6.07) is 8.27. The Morgan fingerprint density at radius 3 is 2.36 bits per heavy atom. The summed E-state index contributed by atoms with van der Waals surface area (Å²) >= 11 is 0. The van der Waals surface area contributed by atoms with Crippen LogP contribution in [0.5, 0.6) is 0 Å². The van der Waals surface area contributed by atoms with E-state index in [9.17, 15) is 4.79 Å². The lowest BCUT2D eigenvalue weighted by atomic mass is 9.82. The van der Waals surface area contributed by atoms with Gasteiger partial charge in [-0.05, 0) is 31.2 Å². The van der Waals surface area contributed by atoms with Gasteiger partial charge in [0, 0.05) is 12.1 Å². The Labute approximate surface area is 134 Å². The van der Waals surface area contributed by atoms with E-state index in [1.165, 1.54) is 5.56 Å². The second-order valence-electron chi connectivity index (χ2n) is 6.71. The summed E-state index contributed by atoms with van der Waals surface area (Å²) in [5.74, 6) is 0.568. The fraction of sp³-hybridized carbons (Fsp3) is 0.632. The Hall–Kier alpha value is -1.51. The SMILES string of the molecule is CCCC1(CCC)OC(=O)N(CCC(C)C)c2ccccc21. The van der Waals surface area contributed by atoms with Gasteiger partial charge in [-0.15, -0.1) is 0 Å². The van der Waals surface area contributed by atoms with Gasteiger partial charge >= 0.3 is 6.09 Å². The van der Waals surface area contributed by atoms with E-state index in [-0.39, 0.29) is 6.09 Å². The molecule has 0 atom stereocenters. The van der Waals surface area contributed by atoms with Crippen molar-refractivity contribution in [1.82, 2.24) is 0 Å². The fourth-order valence-corrected chi connectivity index (χ4v) is 3.37. The molecule has 0 unspecified atom stereocenters. The van der Waals surface area contributed by atoms with E-state index in [1.54, 1.807) is 0 Å². The van der Waals surface area contributed by atoms with Crippen molar-refractivity contribution in [3.63, 3.8) is 0 Å². The van der Waals surface area contributed by atoms with Gasteiger partial charge in [0.2, 0.25) is 0 Å². The maximum absolute atomic E-state index is 12.6. The lowest BCUT2D eigenvalue weighted by molar-refractivity contribution is -0.00967. The minimum atomic E-state index is -0.439. The van der Waals surface area contributed by atoms with Crippen LogP contribution in [0.3, 0.4) is 0 Å². The fourth-order valence-electron chi connectivity index (χ4n) is 3.37. The third-order valence-corrected chi connectivity index (χ3v) is 4.43. The second kappa shape index (κ2) is 7.17. The third kappa shape index (κ3) is 3.29. The van der Waals surface area contributed by atoms with Crippen LogP contribution in [0.15, 0.2) is 24.3 Å². The van der Waals surface area contributed by atoms with Gasteiger partial charge < -0.3 is 4.74 Å². The zero-order chi connectivity index (χ0) is 16.2. The first-order chi connectivity index (χ1) is 10.5. The highest BCUT2D eigenvalue weighted by Crippen LogP contribution is 2.45. The summed E-state index contributed by atoms with van der Waals surface area (Å²) in [6.45, 7) is 9.39. The first-order valence-corrected chi connectivity index (χ1v) is 8.64. The Kier molecular flexibility index (Phi) is 5.49. The van der Waals surface area contributed by atoms with E-state index in [2.05, 4.69) is 45.9 Å². The van der Waals surface area contributed by atoms with Gasteiger partial charge in [-0.25, -0.2) is 4.79 Å². The number of hydrogen-bond acceptors (Lipinski definition) is 2. The lowest BCUT2D eigenvalue weighted by Crippen LogP contribution is -2.46. The molecule has 1 aliphatic heterocycles. The standard InChI is InChI=1S/C19H29NO2/c1-5-12-19(13-6-2)16-9-7-8-10-17(16)20(18(21)22-19)14-11-15(3)4/h7-10,15H,5-6,11-14H2,1-4H3. The van der Waals surface area contributed by atoms with Crippen LogP contribution in [0.4, 0.5) is 10.5 Å². The number of ether oxygens (including phenoxy) is 1. The van der Waals surface area contributed by atoms with E-state index in [0.717, 1.165) is 44.3 Å². The maximum atomic E-state index is 12.6. The Bertz CT molecular complexity index is 504. The molecule has 1 aromatic carbocycles. The number of anilines is 1. The molecule has 1 aliphatic rings. The molecule has 0 saturated heterocycles. The van der Waals surface area contributed by atoms with Crippen molar-refractivity contribution >= 4 is 11.8 Å². The van der Waals surface area contributed by atoms with Gasteiger partial charge in [0.15, 0.2) is 0 Å². The smallest absolute Gasteiger partial charge is 0.415 e. The van der Waals surface area contributed by atoms with Crippen molar-refractivity contribution in [2.45, 2.75) is 65.4 Å². The van der Waals surface area contributed by atoms with Gasteiger partial charge in [-0.2, -0.15) is 0 Å². The Morgan fingerprint density at radius 2 is 1.77 bits per heavy atom. The van der Waals surface area contributed by atoms with Gasteiger partial charge in [0.1, 0.15) is 5.60 Å². The molecule has 2 rings (SSSR count). The van der Waals surface area contributed by atoms with Crippen LogP contribution >= 0.6 is 0 Å². The molecule has 0 saturated carbocycles. The number of nitrogens with zero attached hydrogens (tertiary/aromatic N) is 1. The Balaban J connectivity index is 2.41. The van der Waals surface area contributed by atoms with Crippen molar-refractivity contribution in [1.29, 1.82) is 0 Å². The van der Waals surface area contributed by atoms with Crippen molar-refractivity contribution in [3.8, 4) is 0 Å². The molecular formula is C19H29NO2. The van der Waals surface area contributed by atoms with Gasteiger partial charge in [0.05, 0.1) is 5.69 Å². The number of fused-ring (bicyclic) bond motifs is 1. The van der Waals surface area contributed by atoms with E-state index in [1.807, 2.05) is 11.0 Å². The molecule has 122 valence electrons. The highest BCUT2D eigenvalue weighted by molar-refractivity contribution is 5.91. The number of hydrogen-bond donors (Lipinski definition) is 0. The molecule has 0 N–H and O–H groups in total. The molecule has 1 aromatic rings. The number of cyclic esters (lactones) is 1. The second-order valence-corrected chi connectivity index (χ2v) is 6.71. The van der Waals surface area contributed by atoms with E-state index < -0.39 is 5.60 Å². The summed E-state index contributed by atoms with van der Waals surface area (Å²) in [5, 5.41) is 0. The predicted molar refractivity (Wildman–Crippen MR) is 91.2 cm³/mol. The number of carbonyl (C=O) groups excluding carboxylic acids is 1. The molecule has 3 nitrogen and oxygen atoms in total. The highest BCUT2D eigenvalue weighted by Gasteiger charge is 2.43. The number of benzene rings is 1. The first-order valence-electron chi connectivity index (χ1n) is 8.64. The summed E-state index contributed by atoms with van der Waals surface area (Å²) < 4.78 is 6.01. The third-order valence-electron chi connectivity index (χ3n) is 4.43. The maximum Gasteiger partial charge on any atom is 0.415 e. The molecule has 3 heteroatoms. The van der Waals surface area contributed by atoms with Gasteiger partial charge in [-0.1, -0.05) is 58.7 Å². The number of amides is 1. The minimum absolute atomic E-state index is 0.179. The van der Waals surface area contributed by atoms with E-state index in [4.69, 9.17) is 4.74 Å². The van der Waals surface area contributed by atoms with Crippen molar-refractivity contribution in [2.24, 2.45) is 5.92 Å². The molecule has 0 fully saturated rings. The lowest BCUT2D eigenvalue weighted by Gasteiger charge is -2.43. The van der Waals surface area contributed by atoms with Crippen molar-refractivity contribution in [2.75, 3.05) is 11.4 Å². The van der Waals surface area contributed by atoms with Gasteiger partial charge in [0.25, 0.3) is 0 Å². The van der Waals surface area contributed by atoms with Crippen LogP contribution in [0.25, 0.3) is 0 Å². The number of para-hydroxylation sites is 1. The molecule has 1 heterocycles.